The molecule has 0 amide bonds. The Morgan fingerprint density at radius 1 is 1.00 bits per heavy atom. The Bertz CT molecular complexity index is 774. The summed E-state index contributed by atoms with van der Waals surface area (Å²) in [5.41, 5.74) is 3.72. The molecule has 0 aliphatic rings. The van der Waals surface area contributed by atoms with E-state index in [2.05, 4.69) is 40.6 Å². The molecule has 0 saturated carbocycles. The molecule has 0 aliphatic carbocycles. The second-order valence-electron chi connectivity index (χ2n) is 5.45. The molecule has 1 heterocycles. The highest BCUT2D eigenvalue weighted by Gasteiger charge is 2.01. The van der Waals surface area contributed by atoms with E-state index in [1.54, 1.807) is 0 Å². The van der Waals surface area contributed by atoms with Crippen molar-refractivity contribution in [2.45, 2.75) is 25.7 Å². The fourth-order valence-corrected chi connectivity index (χ4v) is 2.56. The fraction of sp³-hybridized carbons (Fsp3) is 0.278. The minimum Gasteiger partial charge on any atom is -0.408 e. The third kappa shape index (κ3) is 3.79. The topological polar surface area (TPSA) is 58.0 Å². The minimum atomic E-state index is -0.409. The maximum Gasteiger partial charge on any atom is 0.417 e. The number of hydrogen-bond donors (Lipinski definition) is 2. The van der Waals surface area contributed by atoms with Crippen LogP contribution in [0, 0.1) is 0 Å². The standard InChI is InChI=1S/C18H20N2O2/c21-18-20-16-11-10-15(13-17(16)22-18)19-12-6-2-5-9-14-7-3-1-4-8-14/h1,3-4,7-8,10-11,13,19H,2,5-6,9,12H2,(H,20,21). The summed E-state index contributed by atoms with van der Waals surface area (Å²) < 4.78 is 5.05. The van der Waals surface area contributed by atoms with Gasteiger partial charge in [-0.3, -0.25) is 4.98 Å². The maximum atomic E-state index is 11.1. The lowest BCUT2D eigenvalue weighted by Gasteiger charge is -2.06. The molecule has 0 unspecified atom stereocenters. The SMILES string of the molecule is O=c1[nH]c2ccc(NCCCCCc3ccccc3)cc2o1. The zero-order valence-electron chi connectivity index (χ0n) is 12.5. The molecule has 114 valence electrons. The molecule has 0 radical (unpaired) electrons. The van der Waals surface area contributed by atoms with Crippen molar-refractivity contribution in [2.24, 2.45) is 0 Å². The number of rotatable bonds is 7. The molecule has 0 atom stereocenters. The normalized spacial score (nSPS) is 10.9. The molecule has 0 fully saturated rings. The summed E-state index contributed by atoms with van der Waals surface area (Å²) >= 11 is 0. The number of aryl methyl sites for hydroxylation is 1. The van der Waals surface area contributed by atoms with Crippen LogP contribution in [-0.2, 0) is 6.42 Å². The number of H-pyrrole nitrogens is 1. The lowest BCUT2D eigenvalue weighted by atomic mass is 10.1. The molecule has 22 heavy (non-hydrogen) atoms. The second-order valence-corrected chi connectivity index (χ2v) is 5.45. The van der Waals surface area contributed by atoms with Gasteiger partial charge in [0.2, 0.25) is 0 Å². The van der Waals surface area contributed by atoms with Crippen molar-refractivity contribution < 1.29 is 4.42 Å². The number of nitrogens with one attached hydrogen (secondary N) is 2. The highest BCUT2D eigenvalue weighted by molar-refractivity contribution is 5.76. The van der Waals surface area contributed by atoms with Gasteiger partial charge in [0.25, 0.3) is 0 Å². The molecule has 3 aromatic rings. The Hall–Kier alpha value is -2.49. The summed E-state index contributed by atoms with van der Waals surface area (Å²) in [7, 11) is 0. The van der Waals surface area contributed by atoms with E-state index in [4.69, 9.17) is 4.42 Å². The van der Waals surface area contributed by atoms with Gasteiger partial charge < -0.3 is 9.73 Å². The Balaban J connectivity index is 1.39. The first-order valence-electron chi connectivity index (χ1n) is 7.72. The van der Waals surface area contributed by atoms with E-state index in [1.807, 2.05) is 18.2 Å². The highest BCUT2D eigenvalue weighted by atomic mass is 16.4. The lowest BCUT2D eigenvalue weighted by Crippen LogP contribution is -2.01. The van der Waals surface area contributed by atoms with Crippen LogP contribution >= 0.6 is 0 Å². The number of aromatic amines is 1. The first kappa shape index (κ1) is 14.4. The molecule has 0 spiro atoms. The molecule has 0 aliphatic heterocycles. The van der Waals surface area contributed by atoms with E-state index in [1.165, 1.54) is 18.4 Å². The van der Waals surface area contributed by atoms with Gasteiger partial charge in [0.05, 0.1) is 5.52 Å². The van der Waals surface area contributed by atoms with Gasteiger partial charge in [-0.2, -0.15) is 0 Å². The van der Waals surface area contributed by atoms with Crippen molar-refractivity contribution in [3.63, 3.8) is 0 Å². The van der Waals surface area contributed by atoms with E-state index in [9.17, 15) is 4.79 Å². The van der Waals surface area contributed by atoms with Crippen LogP contribution in [0.2, 0.25) is 0 Å². The van der Waals surface area contributed by atoms with Gasteiger partial charge in [0.15, 0.2) is 5.58 Å². The van der Waals surface area contributed by atoms with E-state index in [0.29, 0.717) is 5.58 Å². The zero-order valence-corrected chi connectivity index (χ0v) is 12.5. The summed E-state index contributed by atoms with van der Waals surface area (Å²) in [5.74, 6) is -0.409. The van der Waals surface area contributed by atoms with Crippen molar-refractivity contribution in [3.05, 3.63) is 64.6 Å². The summed E-state index contributed by atoms with van der Waals surface area (Å²) in [5, 5.41) is 3.37. The summed E-state index contributed by atoms with van der Waals surface area (Å²) in [6.07, 6.45) is 4.67. The van der Waals surface area contributed by atoms with E-state index < -0.39 is 5.76 Å². The number of benzene rings is 2. The van der Waals surface area contributed by atoms with E-state index in [0.717, 1.165) is 30.6 Å². The minimum absolute atomic E-state index is 0.409. The van der Waals surface area contributed by atoms with Crippen LogP contribution in [0.3, 0.4) is 0 Å². The molecule has 2 N–H and O–H groups in total. The van der Waals surface area contributed by atoms with Crippen molar-refractivity contribution in [3.8, 4) is 0 Å². The van der Waals surface area contributed by atoms with Crippen LogP contribution in [-0.4, -0.2) is 11.5 Å². The highest BCUT2D eigenvalue weighted by Crippen LogP contribution is 2.16. The largest absolute Gasteiger partial charge is 0.417 e. The Morgan fingerprint density at radius 2 is 1.86 bits per heavy atom. The molecule has 0 bridgehead atoms. The summed E-state index contributed by atoms with van der Waals surface area (Å²) in [6, 6.07) is 16.3. The van der Waals surface area contributed by atoms with Crippen molar-refractivity contribution in [1.82, 2.24) is 4.98 Å². The molecule has 1 aromatic heterocycles. The van der Waals surface area contributed by atoms with Crippen LogP contribution in [0.15, 0.2) is 57.7 Å². The van der Waals surface area contributed by atoms with Crippen molar-refractivity contribution >= 4 is 16.8 Å². The first-order valence-corrected chi connectivity index (χ1v) is 7.72. The number of aromatic nitrogens is 1. The second kappa shape index (κ2) is 6.98. The predicted molar refractivity (Wildman–Crippen MR) is 89.3 cm³/mol. The third-order valence-corrected chi connectivity index (χ3v) is 3.74. The van der Waals surface area contributed by atoms with E-state index >= 15 is 0 Å². The number of unbranched alkanes of at least 4 members (excludes halogenated alkanes) is 2. The molecule has 0 saturated heterocycles. The van der Waals surface area contributed by atoms with Gasteiger partial charge in [-0.05, 0) is 37.0 Å². The number of anilines is 1. The number of oxazole rings is 1. The molecule has 4 heteroatoms. The predicted octanol–water partition coefficient (Wildman–Crippen LogP) is 3.95. The van der Waals surface area contributed by atoms with Crippen LogP contribution in [0.5, 0.6) is 0 Å². The van der Waals surface area contributed by atoms with Crippen LogP contribution in [0.25, 0.3) is 11.1 Å². The first-order chi connectivity index (χ1) is 10.8. The molecular weight excluding hydrogens is 276 g/mol. The quantitative estimate of drug-likeness (QED) is 0.649. The molecule has 3 rings (SSSR count). The Morgan fingerprint density at radius 3 is 2.73 bits per heavy atom. The zero-order chi connectivity index (χ0) is 15.2. The van der Waals surface area contributed by atoms with Gasteiger partial charge in [-0.25, -0.2) is 4.79 Å². The summed E-state index contributed by atoms with van der Waals surface area (Å²) in [6.45, 7) is 0.926. The van der Waals surface area contributed by atoms with Gasteiger partial charge >= 0.3 is 5.76 Å². The average Bonchev–Trinajstić information content (AvgIpc) is 2.91. The van der Waals surface area contributed by atoms with Crippen molar-refractivity contribution in [1.29, 1.82) is 0 Å². The van der Waals surface area contributed by atoms with Gasteiger partial charge in [0.1, 0.15) is 0 Å². The maximum absolute atomic E-state index is 11.1. The van der Waals surface area contributed by atoms with Gasteiger partial charge in [-0.1, -0.05) is 36.8 Å². The molecule has 4 nitrogen and oxygen atoms in total. The molecular formula is C18H20N2O2. The third-order valence-electron chi connectivity index (χ3n) is 3.74. The fourth-order valence-electron chi connectivity index (χ4n) is 2.56. The van der Waals surface area contributed by atoms with Gasteiger partial charge in [0, 0.05) is 18.3 Å². The number of hydrogen-bond acceptors (Lipinski definition) is 3. The van der Waals surface area contributed by atoms with Crippen LogP contribution < -0.4 is 11.1 Å². The van der Waals surface area contributed by atoms with Crippen LogP contribution in [0.4, 0.5) is 5.69 Å². The number of fused-ring (bicyclic) bond motifs is 1. The lowest BCUT2D eigenvalue weighted by molar-refractivity contribution is 0.555. The van der Waals surface area contributed by atoms with Crippen molar-refractivity contribution in [2.75, 3.05) is 11.9 Å². The van der Waals surface area contributed by atoms with E-state index in [-0.39, 0.29) is 0 Å². The van der Waals surface area contributed by atoms with Gasteiger partial charge in [-0.15, -0.1) is 0 Å². The Labute approximate surface area is 129 Å². The monoisotopic (exact) mass is 296 g/mol. The molecule has 2 aromatic carbocycles. The van der Waals surface area contributed by atoms with Crippen LogP contribution in [0.1, 0.15) is 24.8 Å². The average molecular weight is 296 g/mol. The smallest absolute Gasteiger partial charge is 0.408 e. The Kier molecular flexibility index (Phi) is 4.59. The summed E-state index contributed by atoms with van der Waals surface area (Å²) in [4.78, 5) is 13.7.